The van der Waals surface area contributed by atoms with Gasteiger partial charge in [0, 0.05) is 6.04 Å². The van der Waals surface area contributed by atoms with Crippen LogP contribution in [0.2, 0.25) is 0 Å². The molecule has 0 unspecified atom stereocenters. The van der Waals surface area contributed by atoms with Gasteiger partial charge in [-0.2, -0.15) is 0 Å². The summed E-state index contributed by atoms with van der Waals surface area (Å²) < 4.78 is 28.1. The number of hydrogen-bond donors (Lipinski definition) is 1. The van der Waals surface area contributed by atoms with Crippen LogP contribution in [-0.2, 0) is 16.4 Å². The van der Waals surface area contributed by atoms with Crippen molar-refractivity contribution in [2.75, 3.05) is 0 Å². The van der Waals surface area contributed by atoms with Gasteiger partial charge in [-0.1, -0.05) is 31.2 Å². The molecule has 21 heavy (non-hydrogen) atoms. The number of rotatable bonds is 3. The van der Waals surface area contributed by atoms with Crippen LogP contribution < -0.4 is 4.72 Å². The lowest BCUT2D eigenvalue weighted by Crippen LogP contribution is -2.38. The highest BCUT2D eigenvalue weighted by Gasteiger charge is 2.26. The van der Waals surface area contributed by atoms with Crippen molar-refractivity contribution in [3.8, 4) is 0 Å². The van der Waals surface area contributed by atoms with Crippen LogP contribution in [0.1, 0.15) is 50.2 Å². The van der Waals surface area contributed by atoms with Gasteiger partial charge in [-0.15, -0.1) is 0 Å². The molecule has 4 heteroatoms. The summed E-state index contributed by atoms with van der Waals surface area (Å²) in [5.41, 5.74) is 2.28. The van der Waals surface area contributed by atoms with Crippen molar-refractivity contribution in [2.45, 2.75) is 51.5 Å². The Balaban J connectivity index is 1.75. The van der Waals surface area contributed by atoms with E-state index in [4.69, 9.17) is 0 Å². The molecule has 0 spiro atoms. The van der Waals surface area contributed by atoms with E-state index in [9.17, 15) is 8.42 Å². The van der Waals surface area contributed by atoms with Gasteiger partial charge < -0.3 is 0 Å². The van der Waals surface area contributed by atoms with Crippen LogP contribution in [0.5, 0.6) is 0 Å². The summed E-state index contributed by atoms with van der Waals surface area (Å²) in [4.78, 5) is 0.542. The fourth-order valence-corrected chi connectivity index (χ4v) is 4.77. The molecule has 2 aliphatic rings. The quantitative estimate of drug-likeness (QED) is 0.929. The van der Waals surface area contributed by atoms with Gasteiger partial charge in [-0.05, 0) is 61.6 Å². The molecule has 0 aromatic heterocycles. The molecule has 0 bridgehead atoms. The maximum atomic E-state index is 12.6. The van der Waals surface area contributed by atoms with E-state index in [1.165, 1.54) is 5.56 Å². The molecule has 3 rings (SSSR count). The minimum Gasteiger partial charge on any atom is -0.208 e. The lowest BCUT2D eigenvalue weighted by atomic mass is 9.88. The number of benzene rings is 1. The molecule has 1 saturated carbocycles. The first-order chi connectivity index (χ1) is 10.0. The number of fused-ring (bicyclic) bond motifs is 1. The van der Waals surface area contributed by atoms with Gasteiger partial charge in [0.1, 0.15) is 0 Å². The van der Waals surface area contributed by atoms with E-state index in [0.29, 0.717) is 11.3 Å². The van der Waals surface area contributed by atoms with Gasteiger partial charge in [0.25, 0.3) is 0 Å². The minimum atomic E-state index is -3.33. The van der Waals surface area contributed by atoms with Crippen molar-refractivity contribution < 1.29 is 8.42 Å². The van der Waals surface area contributed by atoms with Gasteiger partial charge in [-0.25, -0.2) is 13.1 Å². The molecule has 0 heterocycles. The Morgan fingerprint density at radius 2 is 1.76 bits per heavy atom. The molecule has 1 aromatic carbocycles. The predicted octanol–water partition coefficient (Wildman–Crippen LogP) is 3.47. The number of hydrogen-bond acceptors (Lipinski definition) is 2. The average Bonchev–Trinajstić information content (AvgIpc) is 2.49. The van der Waals surface area contributed by atoms with Gasteiger partial charge in [-0.3, -0.25) is 0 Å². The van der Waals surface area contributed by atoms with Crippen molar-refractivity contribution in [2.24, 2.45) is 5.92 Å². The Kier molecular flexibility index (Phi) is 4.18. The minimum absolute atomic E-state index is 0.115. The molecule has 1 N–H and O–H groups in total. The molecule has 0 aliphatic heterocycles. The normalized spacial score (nSPS) is 26.0. The molecule has 3 nitrogen and oxygen atoms in total. The molecule has 2 aliphatic carbocycles. The molecule has 0 saturated heterocycles. The zero-order chi connectivity index (χ0) is 14.9. The number of allylic oxidation sites excluding steroid dienone is 1. The third kappa shape index (κ3) is 3.38. The molecule has 0 atom stereocenters. The summed E-state index contributed by atoms with van der Waals surface area (Å²) in [6.45, 7) is 2.24. The average molecular weight is 305 g/mol. The predicted molar refractivity (Wildman–Crippen MR) is 86.2 cm³/mol. The third-order valence-corrected chi connectivity index (χ3v) is 6.35. The van der Waals surface area contributed by atoms with Gasteiger partial charge in [0.15, 0.2) is 0 Å². The molecule has 0 amide bonds. The zero-order valence-electron chi connectivity index (χ0n) is 12.5. The van der Waals surface area contributed by atoms with Gasteiger partial charge in [0.2, 0.25) is 10.0 Å². The van der Waals surface area contributed by atoms with Crippen molar-refractivity contribution in [1.82, 2.24) is 4.72 Å². The lowest BCUT2D eigenvalue weighted by Gasteiger charge is -2.27. The Labute approximate surface area is 127 Å². The second-order valence-electron chi connectivity index (χ2n) is 6.39. The van der Waals surface area contributed by atoms with E-state index in [2.05, 4.69) is 17.7 Å². The van der Waals surface area contributed by atoms with E-state index in [-0.39, 0.29) is 6.04 Å². The molecule has 114 valence electrons. The summed E-state index contributed by atoms with van der Waals surface area (Å²) in [7, 11) is -3.33. The lowest BCUT2D eigenvalue weighted by molar-refractivity contribution is 0.332. The van der Waals surface area contributed by atoms with Crippen LogP contribution in [-0.4, -0.2) is 14.5 Å². The van der Waals surface area contributed by atoms with Crippen LogP contribution in [0.3, 0.4) is 0 Å². The first kappa shape index (κ1) is 14.8. The first-order valence-corrected chi connectivity index (χ1v) is 9.34. The smallest absolute Gasteiger partial charge is 0.208 e. The van der Waals surface area contributed by atoms with Crippen molar-refractivity contribution in [3.05, 3.63) is 40.3 Å². The summed E-state index contributed by atoms with van der Waals surface area (Å²) in [6.07, 6.45) is 7.42. The molecular weight excluding hydrogens is 282 g/mol. The Morgan fingerprint density at radius 1 is 1.05 bits per heavy atom. The number of nitrogens with one attached hydrogen (secondary N) is 1. The third-order valence-electron chi connectivity index (χ3n) is 4.70. The van der Waals surface area contributed by atoms with Crippen molar-refractivity contribution in [3.63, 3.8) is 0 Å². The summed E-state index contributed by atoms with van der Waals surface area (Å²) in [6, 6.07) is 8.15. The first-order valence-electron chi connectivity index (χ1n) is 7.85. The SMILES string of the molecule is CC1CCC(NS(=O)(=O)C2=Cc3ccccc3CC2)CC1. The maximum Gasteiger partial charge on any atom is 0.236 e. The Bertz CT molecular complexity index is 641. The Morgan fingerprint density at radius 3 is 2.52 bits per heavy atom. The van der Waals surface area contributed by atoms with Crippen molar-refractivity contribution >= 4 is 16.1 Å². The molecule has 1 aromatic rings. The number of aryl methyl sites for hydroxylation is 1. The number of sulfonamides is 1. The van der Waals surface area contributed by atoms with Crippen LogP contribution in [0.15, 0.2) is 29.2 Å². The summed E-state index contributed by atoms with van der Waals surface area (Å²) in [5, 5.41) is 0. The van der Waals surface area contributed by atoms with E-state index in [1.807, 2.05) is 24.3 Å². The highest BCUT2D eigenvalue weighted by atomic mass is 32.2. The van der Waals surface area contributed by atoms with Crippen LogP contribution in [0.25, 0.3) is 6.08 Å². The highest BCUT2D eigenvalue weighted by Crippen LogP contribution is 2.29. The molecule has 1 fully saturated rings. The van der Waals surface area contributed by atoms with E-state index < -0.39 is 10.0 Å². The zero-order valence-corrected chi connectivity index (χ0v) is 13.3. The topological polar surface area (TPSA) is 46.2 Å². The standard InChI is InChI=1S/C17H23NO2S/c1-13-6-9-16(10-7-13)18-21(19,20)17-11-8-14-4-2-3-5-15(14)12-17/h2-5,12-13,16,18H,6-11H2,1H3. The van der Waals surface area contributed by atoms with Gasteiger partial charge >= 0.3 is 0 Å². The van der Waals surface area contributed by atoms with Crippen LogP contribution >= 0.6 is 0 Å². The van der Waals surface area contributed by atoms with Crippen LogP contribution in [0.4, 0.5) is 0 Å². The van der Waals surface area contributed by atoms with E-state index in [1.54, 1.807) is 0 Å². The summed E-state index contributed by atoms with van der Waals surface area (Å²) in [5.74, 6) is 0.728. The fourth-order valence-electron chi connectivity index (χ4n) is 3.29. The fraction of sp³-hybridized carbons (Fsp3) is 0.529. The molecule has 0 radical (unpaired) electrons. The second kappa shape index (κ2) is 5.93. The highest BCUT2D eigenvalue weighted by molar-refractivity contribution is 7.93. The van der Waals surface area contributed by atoms with Gasteiger partial charge in [0.05, 0.1) is 4.91 Å². The Hall–Kier alpha value is -1.13. The maximum absolute atomic E-state index is 12.6. The van der Waals surface area contributed by atoms with Crippen LogP contribution in [0, 0.1) is 5.92 Å². The van der Waals surface area contributed by atoms with E-state index >= 15 is 0 Å². The van der Waals surface area contributed by atoms with Crippen molar-refractivity contribution in [1.29, 1.82) is 0 Å². The van der Waals surface area contributed by atoms with E-state index in [0.717, 1.165) is 43.6 Å². The molecular formula is C17H23NO2S. The summed E-state index contributed by atoms with van der Waals surface area (Å²) >= 11 is 0. The second-order valence-corrected chi connectivity index (χ2v) is 8.15. The monoisotopic (exact) mass is 305 g/mol. The largest absolute Gasteiger partial charge is 0.236 e.